The number of halogens is 1. The minimum atomic E-state index is -3.74. The SMILES string of the molecule is O=CNS(=O)(=O)c1cccc(Cl)c1. The number of carbonyl (C=O) groups excluding carboxylic acids is 1. The van der Waals surface area contributed by atoms with Gasteiger partial charge >= 0.3 is 0 Å². The number of benzene rings is 1. The second kappa shape index (κ2) is 3.76. The van der Waals surface area contributed by atoms with Gasteiger partial charge in [0.05, 0.1) is 4.90 Å². The molecule has 0 aliphatic rings. The Labute approximate surface area is 80.6 Å². The lowest BCUT2D eigenvalue weighted by Crippen LogP contribution is -2.21. The van der Waals surface area contributed by atoms with Crippen molar-refractivity contribution in [2.24, 2.45) is 0 Å². The van der Waals surface area contributed by atoms with Gasteiger partial charge < -0.3 is 0 Å². The molecule has 70 valence electrons. The van der Waals surface area contributed by atoms with Crippen molar-refractivity contribution in [3.05, 3.63) is 29.3 Å². The lowest BCUT2D eigenvalue weighted by atomic mass is 10.4. The monoisotopic (exact) mass is 219 g/mol. The van der Waals surface area contributed by atoms with Gasteiger partial charge in [-0.05, 0) is 18.2 Å². The second-order valence-corrected chi connectivity index (χ2v) is 4.35. The number of amides is 1. The first-order valence-corrected chi connectivity index (χ1v) is 5.14. The van der Waals surface area contributed by atoms with Crippen LogP contribution in [0.4, 0.5) is 0 Å². The number of carbonyl (C=O) groups is 1. The number of hydrogen-bond acceptors (Lipinski definition) is 3. The molecule has 0 unspecified atom stereocenters. The summed E-state index contributed by atoms with van der Waals surface area (Å²) < 4.78 is 24.1. The predicted molar refractivity (Wildman–Crippen MR) is 47.8 cm³/mol. The molecule has 6 heteroatoms. The molecule has 1 N–H and O–H groups in total. The van der Waals surface area contributed by atoms with E-state index < -0.39 is 10.0 Å². The fraction of sp³-hybridized carbons (Fsp3) is 0. The maximum atomic E-state index is 11.2. The van der Waals surface area contributed by atoms with Crippen molar-refractivity contribution in [1.29, 1.82) is 0 Å². The molecule has 0 saturated carbocycles. The molecule has 0 spiro atoms. The van der Waals surface area contributed by atoms with Crippen LogP contribution in [0.2, 0.25) is 5.02 Å². The standard InChI is InChI=1S/C7H6ClNO3S/c8-6-2-1-3-7(4-6)13(11,12)9-5-10/h1-5H,(H,9,10). The molecule has 1 aromatic rings. The maximum absolute atomic E-state index is 11.2. The molecule has 0 fully saturated rings. The van der Waals surface area contributed by atoms with Gasteiger partial charge in [-0.2, -0.15) is 0 Å². The summed E-state index contributed by atoms with van der Waals surface area (Å²) in [5.74, 6) is 0. The Morgan fingerprint density at radius 1 is 1.38 bits per heavy atom. The highest BCUT2D eigenvalue weighted by Crippen LogP contribution is 2.14. The van der Waals surface area contributed by atoms with Gasteiger partial charge in [0, 0.05) is 5.02 Å². The molecule has 0 saturated heterocycles. The molecule has 0 aliphatic heterocycles. The molecular weight excluding hydrogens is 214 g/mol. The summed E-state index contributed by atoms with van der Waals surface area (Å²) in [6.07, 6.45) is 0.107. The zero-order valence-electron chi connectivity index (χ0n) is 6.40. The average Bonchev–Trinajstić information content (AvgIpc) is 2.04. The molecule has 4 nitrogen and oxygen atoms in total. The lowest BCUT2D eigenvalue weighted by molar-refractivity contribution is -0.108. The molecule has 0 radical (unpaired) electrons. The predicted octanol–water partition coefficient (Wildman–Crippen LogP) is 0.775. The Morgan fingerprint density at radius 3 is 2.62 bits per heavy atom. The first-order chi connectivity index (χ1) is 6.06. The molecule has 1 rings (SSSR count). The summed E-state index contributed by atoms with van der Waals surface area (Å²) in [5, 5.41) is 0.300. The van der Waals surface area contributed by atoms with Crippen LogP contribution < -0.4 is 4.72 Å². The van der Waals surface area contributed by atoms with Crippen molar-refractivity contribution in [1.82, 2.24) is 4.72 Å². The lowest BCUT2D eigenvalue weighted by Gasteiger charge is -2.01. The third-order valence-corrected chi connectivity index (χ3v) is 2.83. The highest BCUT2D eigenvalue weighted by molar-refractivity contribution is 7.90. The van der Waals surface area contributed by atoms with Crippen molar-refractivity contribution in [2.45, 2.75) is 4.90 Å². The van der Waals surface area contributed by atoms with E-state index in [2.05, 4.69) is 0 Å². The van der Waals surface area contributed by atoms with Crippen molar-refractivity contribution in [3.8, 4) is 0 Å². The Kier molecular flexibility index (Phi) is 2.90. The van der Waals surface area contributed by atoms with Gasteiger partial charge in [-0.3, -0.25) is 9.52 Å². The fourth-order valence-corrected chi connectivity index (χ4v) is 1.82. The maximum Gasteiger partial charge on any atom is 0.263 e. The largest absolute Gasteiger partial charge is 0.278 e. The first-order valence-electron chi connectivity index (χ1n) is 3.28. The zero-order chi connectivity index (χ0) is 9.90. The van der Waals surface area contributed by atoms with Gasteiger partial charge in [0.2, 0.25) is 6.41 Å². The molecule has 1 aromatic carbocycles. The van der Waals surface area contributed by atoms with Crippen LogP contribution in [0.15, 0.2) is 29.2 Å². The van der Waals surface area contributed by atoms with E-state index in [-0.39, 0.29) is 11.3 Å². The van der Waals surface area contributed by atoms with Gasteiger partial charge in [0.1, 0.15) is 0 Å². The Bertz CT molecular complexity index is 416. The number of rotatable bonds is 3. The number of nitrogens with one attached hydrogen (secondary N) is 1. The fourth-order valence-electron chi connectivity index (χ4n) is 0.766. The van der Waals surface area contributed by atoms with Gasteiger partial charge in [0.15, 0.2) is 0 Å². The summed E-state index contributed by atoms with van der Waals surface area (Å²) in [5.41, 5.74) is 0. The molecule has 0 heterocycles. The quantitative estimate of drug-likeness (QED) is 0.764. The average molecular weight is 220 g/mol. The van der Waals surface area contributed by atoms with E-state index in [4.69, 9.17) is 11.6 Å². The van der Waals surface area contributed by atoms with Gasteiger partial charge in [-0.15, -0.1) is 0 Å². The normalized spacial score (nSPS) is 10.8. The van der Waals surface area contributed by atoms with E-state index in [1.807, 2.05) is 0 Å². The van der Waals surface area contributed by atoms with E-state index in [9.17, 15) is 13.2 Å². The summed E-state index contributed by atoms with van der Waals surface area (Å²) in [4.78, 5) is 9.92. The van der Waals surface area contributed by atoms with Crippen LogP contribution in [0.1, 0.15) is 0 Å². The van der Waals surface area contributed by atoms with Crippen molar-refractivity contribution < 1.29 is 13.2 Å². The highest BCUT2D eigenvalue weighted by Gasteiger charge is 2.11. The topological polar surface area (TPSA) is 63.2 Å². The molecule has 1 amide bonds. The van der Waals surface area contributed by atoms with Crippen LogP contribution in [0, 0.1) is 0 Å². The minimum Gasteiger partial charge on any atom is -0.278 e. The van der Waals surface area contributed by atoms with Crippen molar-refractivity contribution in [2.75, 3.05) is 0 Å². The van der Waals surface area contributed by atoms with E-state index in [1.165, 1.54) is 18.2 Å². The third-order valence-electron chi connectivity index (χ3n) is 1.31. The Morgan fingerprint density at radius 2 is 2.08 bits per heavy atom. The summed E-state index contributed by atoms with van der Waals surface area (Å²) >= 11 is 5.57. The van der Waals surface area contributed by atoms with Crippen LogP contribution >= 0.6 is 11.6 Å². The van der Waals surface area contributed by atoms with Crippen LogP contribution in [0.3, 0.4) is 0 Å². The highest BCUT2D eigenvalue weighted by atomic mass is 35.5. The first kappa shape index (κ1) is 10.0. The van der Waals surface area contributed by atoms with E-state index in [0.717, 1.165) is 0 Å². The summed E-state index contributed by atoms with van der Waals surface area (Å²) in [6, 6.07) is 5.63. The molecule has 0 atom stereocenters. The van der Waals surface area contributed by atoms with Crippen LogP contribution in [0.5, 0.6) is 0 Å². The van der Waals surface area contributed by atoms with E-state index in [0.29, 0.717) is 5.02 Å². The molecule has 13 heavy (non-hydrogen) atoms. The van der Waals surface area contributed by atoms with Crippen molar-refractivity contribution >= 4 is 28.0 Å². The Hall–Kier alpha value is -1.07. The Balaban J connectivity index is 3.15. The third kappa shape index (κ3) is 2.43. The van der Waals surface area contributed by atoms with Gasteiger partial charge in [-0.1, -0.05) is 17.7 Å². The summed E-state index contributed by atoms with van der Waals surface area (Å²) in [7, 11) is -3.74. The minimum absolute atomic E-state index is 0.0351. The van der Waals surface area contributed by atoms with E-state index in [1.54, 1.807) is 10.8 Å². The summed E-state index contributed by atoms with van der Waals surface area (Å²) in [6.45, 7) is 0. The molecule has 0 aromatic heterocycles. The number of hydrogen-bond donors (Lipinski definition) is 1. The molecule has 0 bridgehead atoms. The van der Waals surface area contributed by atoms with Crippen LogP contribution in [-0.4, -0.2) is 14.8 Å². The van der Waals surface area contributed by atoms with E-state index >= 15 is 0 Å². The zero-order valence-corrected chi connectivity index (χ0v) is 7.97. The van der Waals surface area contributed by atoms with Crippen molar-refractivity contribution in [3.63, 3.8) is 0 Å². The van der Waals surface area contributed by atoms with Gasteiger partial charge in [0.25, 0.3) is 10.0 Å². The second-order valence-electron chi connectivity index (χ2n) is 2.20. The molecular formula is C7H6ClNO3S. The van der Waals surface area contributed by atoms with Gasteiger partial charge in [-0.25, -0.2) is 8.42 Å². The smallest absolute Gasteiger partial charge is 0.263 e. The number of sulfonamides is 1. The van der Waals surface area contributed by atoms with Crippen LogP contribution in [0.25, 0.3) is 0 Å². The molecule has 0 aliphatic carbocycles. The van der Waals surface area contributed by atoms with Crippen LogP contribution in [-0.2, 0) is 14.8 Å².